The third kappa shape index (κ3) is 3.37. The van der Waals surface area contributed by atoms with E-state index < -0.39 is 16.1 Å². The molecular weight excluding hydrogens is 346 g/mol. The molecule has 3 rings (SSSR count). The predicted octanol–water partition coefficient (Wildman–Crippen LogP) is 1.41. The van der Waals surface area contributed by atoms with E-state index in [1.807, 2.05) is 17.9 Å². The molecule has 6 nitrogen and oxygen atoms in total. The van der Waals surface area contributed by atoms with Gasteiger partial charge >= 0.3 is 0 Å². The van der Waals surface area contributed by atoms with Crippen LogP contribution in [-0.4, -0.2) is 55.8 Å². The van der Waals surface area contributed by atoms with Crippen LogP contribution in [0.15, 0.2) is 16.3 Å². The zero-order valence-electron chi connectivity index (χ0n) is 14.0. The van der Waals surface area contributed by atoms with E-state index in [2.05, 4.69) is 0 Å². The Bertz CT molecular complexity index is 693. The molecule has 0 radical (unpaired) electrons. The van der Waals surface area contributed by atoms with Crippen molar-refractivity contribution >= 4 is 27.3 Å². The molecule has 1 aromatic rings. The van der Waals surface area contributed by atoms with Crippen LogP contribution in [-0.2, 0) is 14.8 Å². The van der Waals surface area contributed by atoms with Crippen LogP contribution in [0.4, 0.5) is 0 Å². The lowest BCUT2D eigenvalue weighted by Crippen LogP contribution is -2.50. The minimum atomic E-state index is -3.58. The van der Waals surface area contributed by atoms with Gasteiger partial charge in [0, 0.05) is 24.5 Å². The van der Waals surface area contributed by atoms with Gasteiger partial charge in [0.2, 0.25) is 5.91 Å². The summed E-state index contributed by atoms with van der Waals surface area (Å²) in [5, 5.41) is 0. The number of thiophene rings is 1. The summed E-state index contributed by atoms with van der Waals surface area (Å²) in [6.07, 6.45) is 3.16. The normalized spacial score (nSPS) is 23.8. The van der Waals surface area contributed by atoms with Crippen molar-refractivity contribution in [1.82, 2.24) is 9.21 Å². The van der Waals surface area contributed by atoms with Crippen molar-refractivity contribution in [1.29, 1.82) is 0 Å². The van der Waals surface area contributed by atoms with Crippen molar-refractivity contribution < 1.29 is 13.2 Å². The summed E-state index contributed by atoms with van der Waals surface area (Å²) in [6, 6.07) is 2.90. The number of nitrogens with two attached hydrogens (primary N) is 1. The van der Waals surface area contributed by atoms with Gasteiger partial charge in [0.05, 0.1) is 0 Å². The van der Waals surface area contributed by atoms with Crippen molar-refractivity contribution in [2.45, 2.75) is 42.9 Å². The van der Waals surface area contributed by atoms with Crippen molar-refractivity contribution in [2.75, 3.05) is 26.2 Å². The van der Waals surface area contributed by atoms with Gasteiger partial charge in [-0.2, -0.15) is 4.31 Å². The number of nitrogens with zero attached hydrogens (tertiary/aromatic N) is 2. The van der Waals surface area contributed by atoms with Gasteiger partial charge in [-0.1, -0.05) is 0 Å². The molecule has 24 heavy (non-hydrogen) atoms. The molecular formula is C16H25N3O3S2. The first kappa shape index (κ1) is 17.8. The molecule has 0 spiro atoms. The molecule has 0 aliphatic carbocycles. The molecule has 2 N–H and O–H groups in total. The number of piperidine rings is 1. The van der Waals surface area contributed by atoms with Crippen molar-refractivity contribution in [3.8, 4) is 0 Å². The molecule has 8 heteroatoms. The summed E-state index contributed by atoms with van der Waals surface area (Å²) in [4.78, 5) is 15.7. The average molecular weight is 372 g/mol. The van der Waals surface area contributed by atoms with Crippen LogP contribution >= 0.6 is 11.3 Å². The highest BCUT2D eigenvalue weighted by molar-refractivity contribution is 7.91. The van der Waals surface area contributed by atoms with E-state index in [1.54, 1.807) is 6.07 Å². The fourth-order valence-electron chi connectivity index (χ4n) is 3.54. The lowest BCUT2D eigenvalue weighted by atomic mass is 9.96. The molecule has 1 amide bonds. The minimum Gasteiger partial charge on any atom is -0.341 e. The number of hydrogen-bond donors (Lipinski definition) is 1. The average Bonchev–Trinajstić information content (AvgIpc) is 3.23. The highest BCUT2D eigenvalue weighted by atomic mass is 32.2. The standard InChI is InChI=1S/C16H25N3O3S2/c1-12-4-5-15(23-12)24(21,22)19-8-2-3-14(19)16(20)18-9-6-13(11-17)7-10-18/h4-5,13-14H,2-3,6-11,17H2,1H3. The fourth-order valence-corrected chi connectivity index (χ4v) is 6.60. The molecule has 3 heterocycles. The minimum absolute atomic E-state index is 0.0418. The van der Waals surface area contributed by atoms with Gasteiger partial charge in [0.1, 0.15) is 10.3 Å². The van der Waals surface area contributed by atoms with Crippen molar-refractivity contribution in [3.63, 3.8) is 0 Å². The highest BCUT2D eigenvalue weighted by Gasteiger charge is 2.42. The number of hydrogen-bond acceptors (Lipinski definition) is 5. The van der Waals surface area contributed by atoms with Crippen molar-refractivity contribution in [3.05, 3.63) is 17.0 Å². The van der Waals surface area contributed by atoms with Crippen LogP contribution in [0.5, 0.6) is 0 Å². The maximum Gasteiger partial charge on any atom is 0.253 e. The second-order valence-electron chi connectivity index (χ2n) is 6.64. The van der Waals surface area contributed by atoms with E-state index in [1.165, 1.54) is 15.6 Å². The molecule has 2 saturated heterocycles. The number of aryl methyl sites for hydroxylation is 1. The van der Waals surface area contributed by atoms with E-state index in [-0.39, 0.29) is 5.91 Å². The van der Waals surface area contributed by atoms with Crippen LogP contribution < -0.4 is 5.73 Å². The second-order valence-corrected chi connectivity index (χ2v) is 10.0. The van der Waals surface area contributed by atoms with Gasteiger partial charge in [-0.05, 0) is 57.2 Å². The third-order valence-corrected chi connectivity index (χ3v) is 8.40. The number of carbonyl (C=O) groups excluding carboxylic acids is 1. The maximum atomic E-state index is 12.9. The zero-order chi connectivity index (χ0) is 17.3. The van der Waals surface area contributed by atoms with Gasteiger partial charge in [-0.15, -0.1) is 11.3 Å². The summed E-state index contributed by atoms with van der Waals surface area (Å²) < 4.78 is 27.5. The van der Waals surface area contributed by atoms with E-state index in [0.717, 1.165) is 24.1 Å². The summed E-state index contributed by atoms with van der Waals surface area (Å²) in [5.41, 5.74) is 5.70. The molecule has 0 aromatic carbocycles. The molecule has 0 saturated carbocycles. The number of amides is 1. The number of rotatable bonds is 4. The Labute approximate surface area is 147 Å². The summed E-state index contributed by atoms with van der Waals surface area (Å²) >= 11 is 1.27. The molecule has 1 atom stereocenters. The first-order valence-corrected chi connectivity index (χ1v) is 10.8. The Morgan fingerprint density at radius 3 is 2.54 bits per heavy atom. The third-order valence-electron chi connectivity index (χ3n) is 5.03. The first-order chi connectivity index (χ1) is 11.4. The highest BCUT2D eigenvalue weighted by Crippen LogP contribution is 2.31. The molecule has 1 aromatic heterocycles. The molecule has 2 aliphatic heterocycles. The number of likely N-dealkylation sites (tertiary alicyclic amines) is 1. The van der Waals surface area contributed by atoms with Gasteiger partial charge in [-0.25, -0.2) is 8.42 Å². The zero-order valence-corrected chi connectivity index (χ0v) is 15.6. The van der Waals surface area contributed by atoms with Crippen LogP contribution in [0.25, 0.3) is 0 Å². The monoisotopic (exact) mass is 371 g/mol. The van der Waals surface area contributed by atoms with Crippen LogP contribution in [0.3, 0.4) is 0 Å². The Morgan fingerprint density at radius 2 is 1.96 bits per heavy atom. The Balaban J connectivity index is 1.75. The fraction of sp³-hybridized carbons (Fsp3) is 0.688. The summed E-state index contributed by atoms with van der Waals surface area (Å²) in [6.45, 7) is 4.34. The predicted molar refractivity (Wildman–Crippen MR) is 94.3 cm³/mol. The molecule has 134 valence electrons. The largest absolute Gasteiger partial charge is 0.341 e. The van der Waals surface area contributed by atoms with E-state index in [4.69, 9.17) is 5.73 Å². The van der Waals surface area contributed by atoms with Crippen LogP contribution in [0.1, 0.15) is 30.6 Å². The smallest absolute Gasteiger partial charge is 0.253 e. The molecule has 2 fully saturated rings. The van der Waals surface area contributed by atoms with Gasteiger partial charge in [0.15, 0.2) is 0 Å². The SMILES string of the molecule is Cc1ccc(S(=O)(=O)N2CCCC2C(=O)N2CCC(CN)CC2)s1. The number of sulfonamides is 1. The summed E-state index contributed by atoms with van der Waals surface area (Å²) in [5.74, 6) is 0.436. The Kier molecular flexibility index (Phi) is 5.29. The van der Waals surface area contributed by atoms with Crippen LogP contribution in [0.2, 0.25) is 0 Å². The Morgan fingerprint density at radius 1 is 1.25 bits per heavy atom. The van der Waals surface area contributed by atoms with E-state index >= 15 is 0 Å². The van der Waals surface area contributed by atoms with Crippen molar-refractivity contribution in [2.24, 2.45) is 11.7 Å². The molecule has 2 aliphatic rings. The second kappa shape index (κ2) is 7.11. The molecule has 0 bridgehead atoms. The first-order valence-electron chi connectivity index (χ1n) is 8.50. The van der Waals surface area contributed by atoms with Gasteiger partial charge in [-0.3, -0.25) is 4.79 Å². The summed E-state index contributed by atoms with van der Waals surface area (Å²) in [7, 11) is -3.58. The topological polar surface area (TPSA) is 83.7 Å². The quantitative estimate of drug-likeness (QED) is 0.867. The maximum absolute atomic E-state index is 12.9. The van der Waals surface area contributed by atoms with E-state index in [0.29, 0.717) is 42.7 Å². The Hall–Kier alpha value is -0.960. The van der Waals surface area contributed by atoms with Gasteiger partial charge < -0.3 is 10.6 Å². The van der Waals surface area contributed by atoms with E-state index in [9.17, 15) is 13.2 Å². The molecule has 1 unspecified atom stereocenters. The van der Waals surface area contributed by atoms with Gasteiger partial charge in [0.25, 0.3) is 10.0 Å². The van der Waals surface area contributed by atoms with Crippen LogP contribution in [0, 0.1) is 12.8 Å². The number of carbonyl (C=O) groups is 1. The lowest BCUT2D eigenvalue weighted by Gasteiger charge is -2.34. The lowest BCUT2D eigenvalue weighted by molar-refractivity contribution is -0.136.